The zero-order valence-corrected chi connectivity index (χ0v) is 10.2. The van der Waals surface area contributed by atoms with Crippen molar-refractivity contribution in [3.63, 3.8) is 0 Å². The molecule has 0 saturated heterocycles. The van der Waals surface area contributed by atoms with E-state index < -0.39 is 5.82 Å². The molecule has 0 amide bonds. The van der Waals surface area contributed by atoms with Crippen molar-refractivity contribution in [2.24, 2.45) is 0 Å². The van der Waals surface area contributed by atoms with Gasteiger partial charge in [-0.15, -0.1) is 10.2 Å². The van der Waals surface area contributed by atoms with Crippen LogP contribution in [0.3, 0.4) is 0 Å². The molecule has 0 bridgehead atoms. The summed E-state index contributed by atoms with van der Waals surface area (Å²) in [4.78, 5) is 0. The van der Waals surface area contributed by atoms with Gasteiger partial charge in [-0.3, -0.25) is 0 Å². The number of nitrogens with zero attached hydrogens (tertiary/aromatic N) is 2. The van der Waals surface area contributed by atoms with Crippen LogP contribution in [0.4, 0.5) is 4.39 Å². The van der Waals surface area contributed by atoms with Crippen molar-refractivity contribution in [1.29, 1.82) is 0 Å². The fourth-order valence-electron chi connectivity index (χ4n) is 1.62. The molecule has 0 aliphatic heterocycles. The van der Waals surface area contributed by atoms with E-state index in [4.69, 9.17) is 16.0 Å². The molecule has 1 aromatic heterocycles. The van der Waals surface area contributed by atoms with Crippen molar-refractivity contribution < 1.29 is 8.81 Å². The summed E-state index contributed by atoms with van der Waals surface area (Å²) in [5.74, 6) is 0.231. The first kappa shape index (κ1) is 11.6. The van der Waals surface area contributed by atoms with Gasteiger partial charge in [0.1, 0.15) is 5.82 Å². The van der Waals surface area contributed by atoms with E-state index >= 15 is 0 Å². The van der Waals surface area contributed by atoms with Gasteiger partial charge >= 0.3 is 0 Å². The van der Waals surface area contributed by atoms with Gasteiger partial charge in [0.05, 0.1) is 17.1 Å². The smallest absolute Gasteiger partial charge is 0.249 e. The summed E-state index contributed by atoms with van der Waals surface area (Å²) in [5, 5.41) is 11.0. The predicted octanol–water partition coefficient (Wildman–Crippen LogP) is 2.78. The van der Waals surface area contributed by atoms with Gasteiger partial charge in [0.25, 0.3) is 0 Å². The maximum Gasteiger partial charge on any atom is 0.249 e. The van der Waals surface area contributed by atoms with E-state index in [9.17, 15) is 4.39 Å². The third-order valence-corrected chi connectivity index (χ3v) is 3.15. The molecule has 0 radical (unpaired) electrons. The van der Waals surface area contributed by atoms with Crippen LogP contribution in [-0.4, -0.2) is 16.2 Å². The molecule has 3 rings (SSSR count). The number of rotatable bonds is 4. The zero-order chi connectivity index (χ0) is 12.5. The minimum Gasteiger partial charge on any atom is -0.419 e. The first-order valence-corrected chi connectivity index (χ1v) is 6.12. The van der Waals surface area contributed by atoms with Crippen LogP contribution in [0.5, 0.6) is 0 Å². The van der Waals surface area contributed by atoms with Crippen LogP contribution in [-0.2, 0) is 6.54 Å². The molecule has 94 valence electrons. The lowest BCUT2D eigenvalue weighted by molar-refractivity contribution is 0.476. The first-order valence-electron chi connectivity index (χ1n) is 5.74. The maximum atomic E-state index is 13.3. The van der Waals surface area contributed by atoms with Gasteiger partial charge in [0.15, 0.2) is 0 Å². The Kier molecular flexibility index (Phi) is 3.01. The molecular formula is C12H11ClFN3O. The molecule has 0 unspecified atom stereocenters. The highest BCUT2D eigenvalue weighted by atomic mass is 35.5. The molecule has 1 heterocycles. The number of nitrogens with one attached hydrogen (secondary N) is 1. The van der Waals surface area contributed by atoms with Gasteiger partial charge in [0, 0.05) is 6.04 Å². The quantitative estimate of drug-likeness (QED) is 0.925. The monoisotopic (exact) mass is 267 g/mol. The average molecular weight is 268 g/mol. The van der Waals surface area contributed by atoms with E-state index in [0.29, 0.717) is 24.0 Å². The summed E-state index contributed by atoms with van der Waals surface area (Å²) in [6, 6.07) is 5.07. The van der Waals surface area contributed by atoms with Gasteiger partial charge in [-0.2, -0.15) is 0 Å². The molecule has 1 aliphatic rings. The molecule has 0 atom stereocenters. The van der Waals surface area contributed by atoms with Gasteiger partial charge in [-0.1, -0.05) is 17.7 Å². The van der Waals surface area contributed by atoms with E-state index in [1.807, 2.05) is 0 Å². The molecule has 1 aromatic carbocycles. The summed E-state index contributed by atoms with van der Waals surface area (Å²) in [5.41, 5.74) is 0.418. The zero-order valence-electron chi connectivity index (χ0n) is 9.49. The highest BCUT2D eigenvalue weighted by Gasteiger charge is 2.21. The molecule has 1 N–H and O–H groups in total. The molecule has 1 fully saturated rings. The predicted molar refractivity (Wildman–Crippen MR) is 64.6 cm³/mol. The van der Waals surface area contributed by atoms with E-state index in [0.717, 1.165) is 0 Å². The van der Waals surface area contributed by atoms with Crippen LogP contribution < -0.4 is 5.32 Å². The Bertz CT molecular complexity index is 568. The lowest BCUT2D eigenvalue weighted by Crippen LogP contribution is -2.15. The van der Waals surface area contributed by atoms with E-state index in [1.165, 1.54) is 18.9 Å². The van der Waals surface area contributed by atoms with Crippen molar-refractivity contribution in [2.45, 2.75) is 25.4 Å². The van der Waals surface area contributed by atoms with Gasteiger partial charge in [-0.05, 0) is 25.0 Å². The third-order valence-electron chi connectivity index (χ3n) is 2.77. The van der Waals surface area contributed by atoms with Crippen molar-refractivity contribution in [2.75, 3.05) is 0 Å². The van der Waals surface area contributed by atoms with Gasteiger partial charge in [0.2, 0.25) is 11.8 Å². The fraction of sp³-hybridized carbons (Fsp3) is 0.333. The topological polar surface area (TPSA) is 51.0 Å². The Morgan fingerprint density at radius 1 is 1.39 bits per heavy atom. The molecule has 6 heteroatoms. The minimum atomic E-state index is -0.495. The van der Waals surface area contributed by atoms with Crippen molar-refractivity contribution in [1.82, 2.24) is 15.5 Å². The molecular weight excluding hydrogens is 257 g/mol. The second kappa shape index (κ2) is 4.66. The second-order valence-corrected chi connectivity index (χ2v) is 4.64. The standard InChI is InChI=1S/C12H11ClFN3O/c13-11-8(2-1-3-9(11)14)12-17-16-10(18-12)6-15-7-4-5-7/h1-3,7,15H,4-6H2. The van der Waals surface area contributed by atoms with Crippen LogP contribution in [0.2, 0.25) is 5.02 Å². The van der Waals surface area contributed by atoms with Crippen LogP contribution >= 0.6 is 11.6 Å². The van der Waals surface area contributed by atoms with E-state index in [1.54, 1.807) is 12.1 Å². The summed E-state index contributed by atoms with van der Waals surface area (Å²) in [6.45, 7) is 0.532. The largest absolute Gasteiger partial charge is 0.419 e. The molecule has 2 aromatic rings. The maximum absolute atomic E-state index is 13.3. The first-order chi connectivity index (χ1) is 8.74. The number of benzene rings is 1. The Morgan fingerprint density at radius 2 is 2.22 bits per heavy atom. The van der Waals surface area contributed by atoms with Crippen molar-refractivity contribution in [3.8, 4) is 11.5 Å². The van der Waals surface area contributed by atoms with Crippen LogP contribution in [0.1, 0.15) is 18.7 Å². The van der Waals surface area contributed by atoms with Crippen molar-refractivity contribution >= 4 is 11.6 Å². The SMILES string of the molecule is Fc1cccc(-c2nnc(CNC3CC3)o2)c1Cl. The normalized spacial score (nSPS) is 15.0. The number of hydrogen-bond acceptors (Lipinski definition) is 4. The Balaban J connectivity index is 1.80. The average Bonchev–Trinajstić information content (AvgIpc) is 3.08. The highest BCUT2D eigenvalue weighted by molar-refractivity contribution is 6.33. The molecule has 1 saturated carbocycles. The fourth-order valence-corrected chi connectivity index (χ4v) is 1.83. The van der Waals surface area contributed by atoms with E-state index in [-0.39, 0.29) is 10.9 Å². The Morgan fingerprint density at radius 3 is 3.00 bits per heavy atom. The summed E-state index contributed by atoms with van der Waals surface area (Å²) < 4.78 is 18.7. The van der Waals surface area contributed by atoms with Gasteiger partial charge < -0.3 is 9.73 Å². The molecule has 18 heavy (non-hydrogen) atoms. The van der Waals surface area contributed by atoms with Crippen LogP contribution in [0.25, 0.3) is 11.5 Å². The van der Waals surface area contributed by atoms with Crippen molar-refractivity contribution in [3.05, 3.63) is 34.9 Å². The highest BCUT2D eigenvalue weighted by Crippen LogP contribution is 2.29. The number of halogens is 2. The van der Waals surface area contributed by atoms with Gasteiger partial charge in [-0.25, -0.2) is 4.39 Å². The summed E-state index contributed by atoms with van der Waals surface area (Å²) >= 11 is 5.86. The summed E-state index contributed by atoms with van der Waals surface area (Å²) in [7, 11) is 0. The summed E-state index contributed by atoms with van der Waals surface area (Å²) in [6.07, 6.45) is 2.38. The molecule has 1 aliphatic carbocycles. The van der Waals surface area contributed by atoms with Crippen LogP contribution in [0, 0.1) is 5.82 Å². The molecule has 0 spiro atoms. The number of hydrogen-bond donors (Lipinski definition) is 1. The lowest BCUT2D eigenvalue weighted by Gasteiger charge is -1.99. The minimum absolute atomic E-state index is 0.00264. The van der Waals surface area contributed by atoms with E-state index in [2.05, 4.69) is 15.5 Å². The Labute approximate surface area is 108 Å². The number of aromatic nitrogens is 2. The van der Waals surface area contributed by atoms with Crippen LogP contribution in [0.15, 0.2) is 22.6 Å². The third kappa shape index (κ3) is 2.37. The molecule has 4 nitrogen and oxygen atoms in total. The lowest BCUT2D eigenvalue weighted by atomic mass is 10.2. The second-order valence-electron chi connectivity index (χ2n) is 4.26. The Hall–Kier alpha value is -1.46.